The zero-order chi connectivity index (χ0) is 11.4. The largest absolute Gasteiger partial charge is 0.251 e. The van der Waals surface area contributed by atoms with Gasteiger partial charge in [0, 0.05) is 6.42 Å². The normalized spacial score (nSPS) is 11.1. The quantitative estimate of drug-likeness (QED) is 0.323. The lowest BCUT2D eigenvalue weighted by atomic mass is 10.2. The summed E-state index contributed by atoms with van der Waals surface area (Å²) in [6.07, 6.45) is 7.04. The molecule has 2 heteroatoms. The molecule has 0 saturated heterocycles. The average Bonchev–Trinajstić information content (AvgIpc) is 2.26. The molecule has 0 bridgehead atoms. The fourth-order valence-corrected chi connectivity index (χ4v) is 0.786. The summed E-state index contributed by atoms with van der Waals surface area (Å²) in [5.41, 5.74) is 0. The van der Waals surface area contributed by atoms with Gasteiger partial charge in [-0.15, -0.1) is 6.58 Å². The van der Waals surface area contributed by atoms with E-state index in [9.17, 15) is 0 Å². The van der Waals surface area contributed by atoms with Crippen LogP contribution in [-0.4, -0.2) is 11.4 Å². The second-order valence-corrected chi connectivity index (χ2v) is 2.85. The van der Waals surface area contributed by atoms with Gasteiger partial charge in [0.2, 0.25) is 0 Å². The Labute approximate surface area is 91.6 Å². The summed E-state index contributed by atoms with van der Waals surface area (Å²) in [6.45, 7) is 5.61. The Hall–Kier alpha value is -1.48. The molecule has 0 aromatic carbocycles. The van der Waals surface area contributed by atoms with Crippen molar-refractivity contribution < 1.29 is 10.1 Å². The van der Waals surface area contributed by atoms with Crippen LogP contribution in [0.4, 0.5) is 0 Å². The Kier molecular flexibility index (Phi) is 9.55. The molecule has 15 heavy (non-hydrogen) atoms. The van der Waals surface area contributed by atoms with Crippen molar-refractivity contribution in [2.24, 2.45) is 0 Å². The SMILES string of the molecule is C=CC[C@@H](/C=C/C#CC#CCCC)OO. The molecule has 0 radical (unpaired) electrons. The standard InChI is InChI=1S/C13H16O2/c1-3-5-6-7-8-9-10-12-13(15-14)11-4-2/h4,10,12-14H,2-3,5,11H2,1H3/b12-10+/t13-/m0/s1. The maximum Gasteiger partial charge on any atom is 0.115 e. The summed E-state index contributed by atoms with van der Waals surface area (Å²) in [4.78, 5) is 4.17. The third-order valence-corrected chi connectivity index (χ3v) is 1.53. The van der Waals surface area contributed by atoms with E-state index in [4.69, 9.17) is 5.26 Å². The third-order valence-electron chi connectivity index (χ3n) is 1.53. The molecule has 2 nitrogen and oxygen atoms in total. The molecule has 0 saturated carbocycles. The van der Waals surface area contributed by atoms with Gasteiger partial charge in [-0.2, -0.15) is 0 Å². The summed E-state index contributed by atoms with van der Waals surface area (Å²) >= 11 is 0. The molecule has 0 heterocycles. The monoisotopic (exact) mass is 204 g/mol. The van der Waals surface area contributed by atoms with E-state index in [0.29, 0.717) is 6.42 Å². The van der Waals surface area contributed by atoms with Crippen LogP contribution in [0.1, 0.15) is 26.2 Å². The van der Waals surface area contributed by atoms with Crippen molar-refractivity contribution >= 4 is 0 Å². The van der Waals surface area contributed by atoms with E-state index >= 15 is 0 Å². The number of unbranched alkanes of at least 4 members (excludes halogenated alkanes) is 1. The summed E-state index contributed by atoms with van der Waals surface area (Å²) in [7, 11) is 0. The first-order valence-electron chi connectivity index (χ1n) is 4.91. The number of hydrogen-bond acceptors (Lipinski definition) is 2. The van der Waals surface area contributed by atoms with Crippen molar-refractivity contribution in [2.45, 2.75) is 32.3 Å². The molecular formula is C13H16O2. The van der Waals surface area contributed by atoms with Crippen molar-refractivity contribution in [3.05, 3.63) is 24.8 Å². The van der Waals surface area contributed by atoms with Crippen LogP contribution < -0.4 is 0 Å². The van der Waals surface area contributed by atoms with Gasteiger partial charge in [0.05, 0.1) is 0 Å². The van der Waals surface area contributed by atoms with E-state index < -0.39 is 0 Å². The molecule has 0 spiro atoms. The molecule has 0 unspecified atom stereocenters. The van der Waals surface area contributed by atoms with Crippen LogP contribution in [0.2, 0.25) is 0 Å². The van der Waals surface area contributed by atoms with Crippen molar-refractivity contribution in [3.63, 3.8) is 0 Å². The highest BCUT2D eigenvalue weighted by Gasteiger charge is 1.98. The third kappa shape index (κ3) is 8.84. The van der Waals surface area contributed by atoms with Crippen LogP contribution in [0.5, 0.6) is 0 Å². The van der Waals surface area contributed by atoms with Crippen LogP contribution in [-0.2, 0) is 4.89 Å². The lowest BCUT2D eigenvalue weighted by molar-refractivity contribution is -0.264. The highest BCUT2D eigenvalue weighted by molar-refractivity contribution is 5.30. The van der Waals surface area contributed by atoms with Gasteiger partial charge in [0.1, 0.15) is 6.10 Å². The molecule has 0 aliphatic heterocycles. The second-order valence-electron chi connectivity index (χ2n) is 2.85. The predicted molar refractivity (Wildman–Crippen MR) is 61.9 cm³/mol. The van der Waals surface area contributed by atoms with Gasteiger partial charge in [-0.25, -0.2) is 4.89 Å². The van der Waals surface area contributed by atoms with Gasteiger partial charge in [0.15, 0.2) is 0 Å². The molecule has 80 valence electrons. The highest BCUT2D eigenvalue weighted by atomic mass is 17.1. The first-order valence-corrected chi connectivity index (χ1v) is 4.91. The summed E-state index contributed by atoms with van der Waals surface area (Å²) < 4.78 is 0. The fraction of sp³-hybridized carbons (Fsp3) is 0.385. The number of rotatable bonds is 5. The van der Waals surface area contributed by atoms with E-state index in [1.165, 1.54) is 0 Å². The Morgan fingerprint density at radius 1 is 1.47 bits per heavy atom. The molecular weight excluding hydrogens is 188 g/mol. The van der Waals surface area contributed by atoms with E-state index in [0.717, 1.165) is 12.8 Å². The van der Waals surface area contributed by atoms with Crippen LogP contribution in [0.25, 0.3) is 0 Å². The molecule has 0 amide bonds. The molecule has 0 fully saturated rings. The first-order chi connectivity index (χ1) is 7.35. The molecule has 1 N–H and O–H groups in total. The topological polar surface area (TPSA) is 29.5 Å². The van der Waals surface area contributed by atoms with Crippen LogP contribution in [0.3, 0.4) is 0 Å². The Bertz CT molecular complexity index is 307. The maximum atomic E-state index is 8.45. The number of allylic oxidation sites excluding steroid dienone is 1. The average molecular weight is 204 g/mol. The molecule has 0 aromatic rings. The highest BCUT2D eigenvalue weighted by Crippen LogP contribution is 1.98. The first kappa shape index (κ1) is 13.5. The molecule has 0 rings (SSSR count). The van der Waals surface area contributed by atoms with Crippen molar-refractivity contribution in [2.75, 3.05) is 0 Å². The van der Waals surface area contributed by atoms with E-state index in [1.54, 1.807) is 18.2 Å². The van der Waals surface area contributed by atoms with E-state index in [2.05, 4.69) is 42.1 Å². The van der Waals surface area contributed by atoms with Crippen molar-refractivity contribution in [3.8, 4) is 23.7 Å². The Balaban J connectivity index is 3.95. The lowest BCUT2D eigenvalue weighted by Crippen LogP contribution is -2.04. The molecule has 0 aliphatic carbocycles. The fourth-order valence-electron chi connectivity index (χ4n) is 0.786. The Morgan fingerprint density at radius 2 is 2.27 bits per heavy atom. The van der Waals surface area contributed by atoms with Gasteiger partial charge in [-0.1, -0.05) is 24.8 Å². The minimum Gasteiger partial charge on any atom is -0.251 e. The van der Waals surface area contributed by atoms with Gasteiger partial charge >= 0.3 is 0 Å². The van der Waals surface area contributed by atoms with Crippen LogP contribution in [0.15, 0.2) is 24.8 Å². The lowest BCUT2D eigenvalue weighted by Gasteiger charge is -2.02. The minimum absolute atomic E-state index is 0.375. The molecule has 1 atom stereocenters. The van der Waals surface area contributed by atoms with Crippen molar-refractivity contribution in [1.82, 2.24) is 0 Å². The van der Waals surface area contributed by atoms with Gasteiger partial charge in [-0.3, -0.25) is 5.26 Å². The molecule has 0 aliphatic rings. The zero-order valence-electron chi connectivity index (χ0n) is 8.99. The smallest absolute Gasteiger partial charge is 0.115 e. The molecule has 0 aromatic heterocycles. The Morgan fingerprint density at radius 3 is 2.87 bits per heavy atom. The van der Waals surface area contributed by atoms with E-state index in [1.807, 2.05) is 0 Å². The van der Waals surface area contributed by atoms with Gasteiger partial charge in [0.25, 0.3) is 0 Å². The minimum atomic E-state index is -0.375. The van der Waals surface area contributed by atoms with Crippen molar-refractivity contribution in [1.29, 1.82) is 0 Å². The summed E-state index contributed by atoms with van der Waals surface area (Å²) in [5.74, 6) is 11.1. The van der Waals surface area contributed by atoms with Crippen LogP contribution >= 0.6 is 0 Å². The zero-order valence-corrected chi connectivity index (χ0v) is 8.99. The second kappa shape index (κ2) is 10.6. The van der Waals surface area contributed by atoms with E-state index in [-0.39, 0.29) is 6.10 Å². The maximum absolute atomic E-state index is 8.45. The predicted octanol–water partition coefficient (Wildman–Crippen LogP) is 2.78. The van der Waals surface area contributed by atoms with Gasteiger partial charge in [-0.05, 0) is 36.8 Å². The summed E-state index contributed by atoms with van der Waals surface area (Å²) in [5, 5.41) is 8.45. The van der Waals surface area contributed by atoms with Crippen LogP contribution in [0, 0.1) is 23.7 Å². The number of hydrogen-bond donors (Lipinski definition) is 1. The summed E-state index contributed by atoms with van der Waals surface area (Å²) in [6, 6.07) is 0. The van der Waals surface area contributed by atoms with Gasteiger partial charge < -0.3 is 0 Å².